The Kier molecular flexibility index (Phi) is 4.45. The highest BCUT2D eigenvalue weighted by Gasteiger charge is 2.16. The van der Waals surface area contributed by atoms with Crippen molar-refractivity contribution in [1.29, 1.82) is 0 Å². The van der Waals surface area contributed by atoms with Gasteiger partial charge in [-0.15, -0.1) is 0 Å². The van der Waals surface area contributed by atoms with Crippen LogP contribution in [0.25, 0.3) is 0 Å². The Morgan fingerprint density at radius 2 is 1.74 bits per heavy atom. The van der Waals surface area contributed by atoms with E-state index in [-0.39, 0.29) is 5.78 Å². The average molecular weight is 254 g/mol. The van der Waals surface area contributed by atoms with Crippen molar-refractivity contribution >= 4 is 5.78 Å². The molecule has 2 heteroatoms. The van der Waals surface area contributed by atoms with E-state index in [9.17, 15) is 4.79 Å². The largest absolute Gasteiger partial charge is 0.287 e. The molecule has 0 aliphatic rings. The van der Waals surface area contributed by atoms with Crippen LogP contribution in [0.1, 0.15) is 29.9 Å². The smallest absolute Gasteiger partial charge is 0.227 e. The highest BCUT2D eigenvalue weighted by atomic mass is 16.1. The fraction of sp³-hybridized carbons (Fsp3) is 0.294. The number of rotatable bonds is 5. The van der Waals surface area contributed by atoms with Crippen LogP contribution in [0.15, 0.2) is 54.7 Å². The van der Waals surface area contributed by atoms with Crippen molar-refractivity contribution in [1.82, 2.24) is 0 Å². The molecule has 0 aliphatic heterocycles. The monoisotopic (exact) mass is 254 g/mol. The zero-order valence-electron chi connectivity index (χ0n) is 11.5. The number of aromatic nitrogens is 1. The Labute approximate surface area is 114 Å². The maximum atomic E-state index is 12.2. The third kappa shape index (κ3) is 3.75. The van der Waals surface area contributed by atoms with Crippen LogP contribution in [-0.4, -0.2) is 5.78 Å². The average Bonchev–Trinajstić information content (AvgIpc) is 2.41. The van der Waals surface area contributed by atoms with Gasteiger partial charge in [-0.3, -0.25) is 4.79 Å². The molecule has 0 atom stereocenters. The van der Waals surface area contributed by atoms with Gasteiger partial charge in [0.15, 0.2) is 11.9 Å². The molecule has 0 saturated carbocycles. The van der Waals surface area contributed by atoms with E-state index in [1.165, 1.54) is 5.69 Å². The minimum Gasteiger partial charge on any atom is -0.287 e. The summed E-state index contributed by atoms with van der Waals surface area (Å²) in [6, 6.07) is 15.6. The first kappa shape index (κ1) is 13.5. The lowest BCUT2D eigenvalue weighted by molar-refractivity contribution is -0.690. The number of pyridine rings is 1. The lowest BCUT2D eigenvalue weighted by Crippen LogP contribution is -2.42. The number of benzene rings is 1. The quantitative estimate of drug-likeness (QED) is 0.593. The topological polar surface area (TPSA) is 20.9 Å². The van der Waals surface area contributed by atoms with Gasteiger partial charge in [-0.05, 0) is 5.92 Å². The van der Waals surface area contributed by atoms with Crippen molar-refractivity contribution in [3.8, 4) is 0 Å². The molecule has 0 unspecified atom stereocenters. The number of carbonyl (C=O) groups is 1. The van der Waals surface area contributed by atoms with Gasteiger partial charge in [0.25, 0.3) is 0 Å². The predicted octanol–water partition coefficient (Wildman–Crippen LogP) is 3.06. The van der Waals surface area contributed by atoms with Crippen LogP contribution in [0.5, 0.6) is 0 Å². The van der Waals surface area contributed by atoms with E-state index in [0.29, 0.717) is 12.5 Å². The van der Waals surface area contributed by atoms with Crippen LogP contribution in [0.2, 0.25) is 0 Å². The van der Waals surface area contributed by atoms with Gasteiger partial charge in [0.2, 0.25) is 12.3 Å². The molecule has 2 rings (SSSR count). The van der Waals surface area contributed by atoms with Crippen LogP contribution in [0.4, 0.5) is 0 Å². The van der Waals surface area contributed by atoms with E-state index in [4.69, 9.17) is 0 Å². The van der Waals surface area contributed by atoms with Crippen molar-refractivity contribution < 1.29 is 9.36 Å². The van der Waals surface area contributed by atoms with Gasteiger partial charge in [-0.1, -0.05) is 50.2 Å². The Balaban J connectivity index is 2.17. The summed E-state index contributed by atoms with van der Waals surface area (Å²) < 4.78 is 2.05. The lowest BCUT2D eigenvalue weighted by Gasteiger charge is -2.05. The molecule has 0 bridgehead atoms. The van der Waals surface area contributed by atoms with E-state index < -0.39 is 0 Å². The first-order valence-corrected chi connectivity index (χ1v) is 6.72. The summed E-state index contributed by atoms with van der Waals surface area (Å²) >= 11 is 0. The van der Waals surface area contributed by atoms with Crippen molar-refractivity contribution in [2.45, 2.75) is 26.8 Å². The summed E-state index contributed by atoms with van der Waals surface area (Å²) in [6.45, 7) is 4.79. The maximum Gasteiger partial charge on any atom is 0.227 e. The zero-order chi connectivity index (χ0) is 13.7. The van der Waals surface area contributed by atoms with Crippen molar-refractivity contribution in [3.63, 3.8) is 0 Å². The number of ketones is 1. The molecule has 2 nitrogen and oxygen atoms in total. The molecule has 2 aromatic rings. The first-order valence-electron chi connectivity index (χ1n) is 6.72. The molecule has 0 spiro atoms. The fourth-order valence-electron chi connectivity index (χ4n) is 2.14. The number of hydrogen-bond acceptors (Lipinski definition) is 1. The normalized spacial score (nSPS) is 10.7. The molecule has 0 aliphatic carbocycles. The minimum atomic E-state index is 0.154. The van der Waals surface area contributed by atoms with E-state index in [2.05, 4.69) is 24.5 Å². The van der Waals surface area contributed by atoms with Gasteiger partial charge in [0.05, 0.1) is 0 Å². The molecule has 0 saturated heterocycles. The Morgan fingerprint density at radius 1 is 1.05 bits per heavy atom. The van der Waals surface area contributed by atoms with Gasteiger partial charge in [-0.2, -0.15) is 4.57 Å². The maximum absolute atomic E-state index is 12.2. The molecule has 0 radical (unpaired) electrons. The summed E-state index contributed by atoms with van der Waals surface area (Å²) in [6.07, 6.45) is 2.97. The second-order valence-corrected chi connectivity index (χ2v) is 5.21. The van der Waals surface area contributed by atoms with Crippen LogP contribution >= 0.6 is 0 Å². The molecule has 19 heavy (non-hydrogen) atoms. The van der Waals surface area contributed by atoms with Crippen LogP contribution < -0.4 is 4.57 Å². The molecule has 1 heterocycles. The number of Topliss-reactive ketones (excluding diaryl/α,β-unsaturated/α-hetero) is 1. The predicted molar refractivity (Wildman–Crippen MR) is 76.0 cm³/mol. The van der Waals surface area contributed by atoms with Crippen LogP contribution in [0.3, 0.4) is 0 Å². The molecule has 0 amide bonds. The number of hydrogen-bond donors (Lipinski definition) is 0. The number of carbonyl (C=O) groups excluding carboxylic acids is 1. The highest BCUT2D eigenvalue weighted by Crippen LogP contribution is 2.04. The van der Waals surface area contributed by atoms with Gasteiger partial charge < -0.3 is 0 Å². The molecule has 98 valence electrons. The van der Waals surface area contributed by atoms with Gasteiger partial charge in [0.1, 0.15) is 0 Å². The Bertz CT molecular complexity index is 546. The highest BCUT2D eigenvalue weighted by molar-refractivity contribution is 5.94. The molecule has 0 fully saturated rings. The number of nitrogens with zero attached hydrogens (tertiary/aromatic N) is 1. The van der Waals surface area contributed by atoms with E-state index >= 15 is 0 Å². The first-order chi connectivity index (χ1) is 9.16. The minimum absolute atomic E-state index is 0.154. The standard InChI is InChI=1S/C17H20NO/c1-14(2)12-16-10-6-7-11-18(16)13-17(19)15-8-4-3-5-9-15/h3-11,14H,12-13H2,1-2H3/q+1. The van der Waals surface area contributed by atoms with Crippen molar-refractivity contribution in [3.05, 3.63) is 66.0 Å². The molecule has 1 aromatic heterocycles. The van der Waals surface area contributed by atoms with Crippen molar-refractivity contribution in [2.75, 3.05) is 0 Å². The summed E-state index contributed by atoms with van der Waals surface area (Å²) in [4.78, 5) is 12.2. The van der Waals surface area contributed by atoms with Gasteiger partial charge >= 0.3 is 0 Å². The summed E-state index contributed by atoms with van der Waals surface area (Å²) in [5.41, 5.74) is 1.98. The lowest BCUT2D eigenvalue weighted by atomic mass is 10.1. The summed E-state index contributed by atoms with van der Waals surface area (Å²) in [5.74, 6) is 0.738. The van der Waals surface area contributed by atoms with Crippen molar-refractivity contribution in [2.24, 2.45) is 5.92 Å². The summed E-state index contributed by atoms with van der Waals surface area (Å²) in [5, 5.41) is 0. The Hall–Kier alpha value is -1.96. The zero-order valence-corrected chi connectivity index (χ0v) is 11.5. The fourth-order valence-corrected chi connectivity index (χ4v) is 2.14. The third-order valence-corrected chi connectivity index (χ3v) is 3.06. The van der Waals surface area contributed by atoms with E-state index in [1.807, 2.05) is 48.7 Å². The SMILES string of the molecule is CC(C)Cc1cccc[n+]1CC(=O)c1ccccc1. The molecular weight excluding hydrogens is 234 g/mol. The van der Waals surface area contributed by atoms with Gasteiger partial charge in [0, 0.05) is 24.1 Å². The third-order valence-electron chi connectivity index (χ3n) is 3.06. The molecular formula is C17H20NO+. The van der Waals surface area contributed by atoms with E-state index in [0.717, 1.165) is 12.0 Å². The summed E-state index contributed by atoms with van der Waals surface area (Å²) in [7, 11) is 0. The van der Waals surface area contributed by atoms with Crippen LogP contribution in [0, 0.1) is 5.92 Å². The van der Waals surface area contributed by atoms with Crippen LogP contribution in [-0.2, 0) is 13.0 Å². The molecule has 1 aromatic carbocycles. The van der Waals surface area contributed by atoms with E-state index in [1.54, 1.807) is 0 Å². The second-order valence-electron chi connectivity index (χ2n) is 5.21. The van der Waals surface area contributed by atoms with Gasteiger partial charge in [-0.25, -0.2) is 0 Å². The Morgan fingerprint density at radius 3 is 2.42 bits per heavy atom. The second kappa shape index (κ2) is 6.28. The molecule has 0 N–H and O–H groups in total.